The van der Waals surface area contributed by atoms with E-state index in [2.05, 4.69) is 135 Å². The predicted molar refractivity (Wildman–Crippen MR) is 555 cm³/mol. The second kappa shape index (κ2) is 71.1. The second-order valence-corrected chi connectivity index (χ2v) is 36.9. The van der Waals surface area contributed by atoms with Crippen molar-refractivity contribution in [1.29, 1.82) is 0 Å². The topological polar surface area (TPSA) is 748 Å². The van der Waals surface area contributed by atoms with Crippen LogP contribution < -0.4 is 162 Å². The summed E-state index contributed by atoms with van der Waals surface area (Å²) in [5, 5.41) is 104. The summed E-state index contributed by atoms with van der Waals surface area (Å²) in [4.78, 5) is 160. The number of carbonyl (C=O) groups excluding carboxylic acids is 13. The largest absolute Gasteiger partial charge is 0.508 e. The Morgan fingerprint density at radius 3 is 0.868 bits per heavy atom. The summed E-state index contributed by atoms with van der Waals surface area (Å²) in [6.45, 7) is 22.8. The molecule has 5 aromatic carbocycles. The van der Waals surface area contributed by atoms with Crippen molar-refractivity contribution in [3.05, 3.63) is 155 Å². The number of phenolic OH excluding ortho intramolecular Hbond substituents is 4. The molecule has 0 saturated heterocycles. The van der Waals surface area contributed by atoms with E-state index in [1.165, 1.54) is 31.3 Å². The van der Waals surface area contributed by atoms with E-state index in [0.717, 1.165) is 59.9 Å². The van der Waals surface area contributed by atoms with Gasteiger partial charge >= 0.3 is 78.4 Å². The number of nitrogens with one attached hydrogen (secondary N) is 24. The van der Waals surface area contributed by atoms with Crippen molar-refractivity contribution in [1.82, 2.24) is 128 Å². The van der Waals surface area contributed by atoms with Crippen LogP contribution in [0.25, 0.3) is 0 Å². The molecule has 5 aromatic rings. The Morgan fingerprint density at radius 1 is 0.271 bits per heavy atom. The Hall–Kier alpha value is -14.4. The van der Waals surface area contributed by atoms with Gasteiger partial charge in [0.2, 0.25) is 0 Å². The number of rotatable bonds is 58. The van der Waals surface area contributed by atoms with Gasteiger partial charge in [-0.2, -0.15) is 0 Å². The molecule has 47 nitrogen and oxygen atoms in total. The van der Waals surface area contributed by atoms with Gasteiger partial charge in [0.15, 0.2) is 0 Å². The van der Waals surface area contributed by atoms with Crippen molar-refractivity contribution in [2.24, 2.45) is 58.1 Å². The number of aromatic hydroxyl groups is 4. The first-order chi connectivity index (χ1) is 68.4. The van der Waals surface area contributed by atoms with E-state index in [-0.39, 0.29) is 174 Å². The highest BCUT2D eigenvalue weighted by molar-refractivity contribution is 5.80. The summed E-state index contributed by atoms with van der Waals surface area (Å²) in [7, 11) is 1.52. The van der Waals surface area contributed by atoms with Crippen LogP contribution in [0.2, 0.25) is 0 Å². The molecular formula is C97H164N30O17. The fourth-order valence-corrected chi connectivity index (χ4v) is 14.1. The van der Waals surface area contributed by atoms with Crippen LogP contribution in [-0.4, -0.2) is 277 Å². The fourth-order valence-electron chi connectivity index (χ4n) is 14.1. The van der Waals surface area contributed by atoms with Crippen molar-refractivity contribution in [2.45, 2.75) is 219 Å². The first-order valence-electron chi connectivity index (χ1n) is 49.0. The number of urea groups is 13. The van der Waals surface area contributed by atoms with Gasteiger partial charge in [0.1, 0.15) is 23.0 Å². The zero-order valence-corrected chi connectivity index (χ0v) is 85.0. The molecule has 0 spiro atoms. The molecule has 0 aromatic heterocycles. The minimum absolute atomic E-state index is 0.00791. The van der Waals surface area contributed by atoms with Crippen LogP contribution in [0.1, 0.15) is 142 Å². The Kier molecular flexibility index (Phi) is 61.2. The summed E-state index contributed by atoms with van der Waals surface area (Å²) >= 11 is 0. The van der Waals surface area contributed by atoms with E-state index >= 15 is 0 Å². The highest BCUT2D eigenvalue weighted by Crippen LogP contribution is 2.17. The van der Waals surface area contributed by atoms with Gasteiger partial charge in [-0.1, -0.05) is 140 Å². The Morgan fingerprint density at radius 2 is 0.535 bits per heavy atom. The lowest BCUT2D eigenvalue weighted by molar-refractivity contribution is 0.221. The third-order valence-electron chi connectivity index (χ3n) is 22.1. The molecule has 0 unspecified atom stereocenters. The van der Waals surface area contributed by atoms with E-state index in [0.29, 0.717) is 70.5 Å². The number of carbonyl (C=O) groups is 13. The number of hydrogen-bond donors (Lipinski definition) is 34. The molecule has 0 aliphatic heterocycles. The molecule has 0 aliphatic rings. The summed E-state index contributed by atoms with van der Waals surface area (Å²) in [6.07, 6.45) is 8.01. The number of unbranched alkanes of at least 4 members (excludes halogenated alkanes) is 2. The monoisotopic (exact) mass is 2020 g/mol. The SMILES string of the molecule is CC(C)[C@@H](CNC(=O)N[C@H](CNC(N)=O)Cc1ccc(O)cc1)NC(=O)NC[C@H](C)NC(=O)NC[C@@H](C)CCCCN.CNC(=O)NC[C@H](Cc1ccccc1)NC(=O)NC[C@@H](NC(=O)NC[C@H](CC(C)C)NC(=O)NC[C@H](CCCCN)NC(=O)NC[C@@H](N)Cc1ccc(O)cc1)C(C)C.C[C@@H](CNC(=O)N[C@H](CNC(N)=O)Cc1ccc(O)cc1)NC(=O)NC[C@H](C)NC(=O)NC[C@@H](N)Cc1ccc(O)cc1. The molecule has 40 N–H and O–H groups in total. The molecule has 0 radical (unpaired) electrons. The van der Waals surface area contributed by atoms with E-state index in [9.17, 15) is 82.8 Å². The Bertz CT molecular complexity index is 4560. The van der Waals surface area contributed by atoms with Gasteiger partial charge in [0.25, 0.3) is 0 Å². The third-order valence-corrected chi connectivity index (χ3v) is 22.1. The van der Waals surface area contributed by atoms with Crippen LogP contribution in [0.3, 0.4) is 0 Å². The Balaban J connectivity index is 0.000000567. The van der Waals surface area contributed by atoms with Gasteiger partial charge in [-0.15, -0.1) is 0 Å². The van der Waals surface area contributed by atoms with Crippen molar-refractivity contribution >= 4 is 78.4 Å². The molecule has 804 valence electrons. The van der Waals surface area contributed by atoms with Gasteiger partial charge in [0.05, 0.1) is 30.2 Å². The smallest absolute Gasteiger partial charge is 0.315 e. The minimum Gasteiger partial charge on any atom is -0.508 e. The average molecular weight is 2020 g/mol. The molecule has 13 atom stereocenters. The standard InChI is InChI=1S/C41H70N12O6.C28H43N9O6.C28H51N9O5/c1-27(2)19-33(51-39(57)47-23-32(13-9-10-18-42)50-38(56)45-22-31(43)20-30-14-16-35(54)17-15-30)24-48-41(59)53-36(28(3)4)26-49-40(58)52-34(25-46-37(55)44-5)21-29-11-7-6-8-12-29;1-17(36-27(42)34-15-21(29)11-19-3-7-23(38)8-4-19)13-32-26(41)35-18(2)14-33-28(43)37-22(16-31-25(30)40)12-20-5-9-24(39)10-6-20;1-18(2)24(37-28(42)33-15-20(4)35-26(40)32-14-19(3)7-5-6-12-29)17-34-27(41)36-22(16-31-25(30)39)13-21-8-10-23(38)11-9-21/h6-8,11-12,14-17,27-28,31-34,36,54H,9-10,13,18-26,42-43H2,1-5H3,(H2,44,46,55)(H2,45,50,56)(H2,47,51,57)(H2,48,53,59)(H2,49,52,58);3-10,17-18,21-22,38-39H,11-16,29H2,1-2H3,(H3,30,31,40)(H2,32,35,41)(H2,33,37,43)(H2,34,36,42);8-11,18-20,22,24,38H,5-7,12-17,29H2,1-4H3,(H3,30,31,39)(H2,32,35,40)(H2,33,37,42)(H2,34,36,41)/t31-,32-,33-,34-,36+;17-,18-,21-,22-;19-,20-,22-,24+/m000/s1. The molecule has 0 aliphatic carbocycles. The zero-order chi connectivity index (χ0) is 107. The van der Waals surface area contributed by atoms with Crippen LogP contribution in [0.5, 0.6) is 23.0 Å². The van der Waals surface area contributed by atoms with Crippen LogP contribution in [0, 0.1) is 23.7 Å². The van der Waals surface area contributed by atoms with E-state index in [1.54, 1.807) is 93.6 Å². The van der Waals surface area contributed by atoms with E-state index in [4.69, 9.17) is 34.4 Å². The van der Waals surface area contributed by atoms with Gasteiger partial charge < -0.3 is 182 Å². The number of phenols is 4. The van der Waals surface area contributed by atoms with Crippen LogP contribution >= 0.6 is 0 Å². The number of hydrogen-bond acceptors (Lipinski definition) is 21. The second-order valence-electron chi connectivity index (χ2n) is 36.9. The average Bonchev–Trinajstić information content (AvgIpc) is 0.860. The molecule has 0 fully saturated rings. The molecule has 47 heteroatoms. The number of primary amides is 2. The summed E-state index contributed by atoms with van der Waals surface area (Å²) in [5.74, 6) is 1.12. The summed E-state index contributed by atoms with van der Waals surface area (Å²) < 4.78 is 0. The maximum absolute atomic E-state index is 13.1. The summed E-state index contributed by atoms with van der Waals surface area (Å²) in [5.41, 5.74) is 38.4. The van der Waals surface area contributed by atoms with Crippen LogP contribution in [-0.2, 0) is 32.1 Å². The molecule has 0 saturated carbocycles. The quantitative estimate of drug-likeness (QED) is 0.0249. The normalized spacial score (nSPS) is 13.5. The van der Waals surface area contributed by atoms with Gasteiger partial charge in [-0.05, 0) is 198 Å². The van der Waals surface area contributed by atoms with Crippen LogP contribution in [0.4, 0.5) is 62.3 Å². The maximum Gasteiger partial charge on any atom is 0.315 e. The van der Waals surface area contributed by atoms with Crippen molar-refractivity contribution in [3.63, 3.8) is 0 Å². The van der Waals surface area contributed by atoms with Crippen molar-refractivity contribution in [3.8, 4) is 23.0 Å². The third kappa shape index (κ3) is 61.4. The molecule has 26 amide bonds. The van der Waals surface area contributed by atoms with Crippen molar-refractivity contribution in [2.75, 3.05) is 105 Å². The van der Waals surface area contributed by atoms with E-state index < -0.39 is 96.6 Å². The molecule has 5 rings (SSSR count). The molecule has 144 heavy (non-hydrogen) atoms. The fraction of sp³-hybridized carbons (Fsp3) is 0.557. The van der Waals surface area contributed by atoms with E-state index in [1.807, 2.05) is 71.9 Å². The first kappa shape index (κ1) is 124. The maximum atomic E-state index is 13.1. The number of nitrogens with two attached hydrogens (primary N) is 6. The highest BCUT2D eigenvalue weighted by atomic mass is 16.3. The molecule has 0 heterocycles. The number of amides is 26. The van der Waals surface area contributed by atoms with Gasteiger partial charge in [-0.25, -0.2) is 62.3 Å². The molecular weight excluding hydrogens is 1860 g/mol. The lowest BCUT2D eigenvalue weighted by Crippen LogP contribution is -2.55. The van der Waals surface area contributed by atoms with Crippen LogP contribution in [0.15, 0.2) is 127 Å². The lowest BCUT2D eigenvalue weighted by atomic mass is 10.0. The van der Waals surface area contributed by atoms with Crippen molar-refractivity contribution < 1.29 is 82.8 Å². The predicted octanol–water partition coefficient (Wildman–Crippen LogP) is 2.91. The molecule has 0 bridgehead atoms. The minimum atomic E-state index is -0.724. The lowest BCUT2D eigenvalue weighted by Gasteiger charge is -2.26. The highest BCUT2D eigenvalue weighted by Gasteiger charge is 2.26. The summed E-state index contributed by atoms with van der Waals surface area (Å²) in [6, 6.07) is 25.3. The van der Waals surface area contributed by atoms with Gasteiger partial charge in [0, 0.05) is 134 Å². The zero-order valence-electron chi connectivity index (χ0n) is 85.0. The van der Waals surface area contributed by atoms with Gasteiger partial charge in [-0.3, -0.25) is 0 Å². The Labute approximate surface area is 845 Å². The number of benzene rings is 5. The first-order valence-corrected chi connectivity index (χ1v) is 49.0.